The van der Waals surface area contributed by atoms with Gasteiger partial charge in [0.2, 0.25) is 6.08 Å². The minimum absolute atomic E-state index is 0.397. The van der Waals surface area contributed by atoms with E-state index in [1.54, 1.807) is 0 Å². The number of carboxylic acid groups (broad SMARTS) is 1. The monoisotopic (exact) mass is 231 g/mol. The number of carbonyl (C=O) groups is 1. The summed E-state index contributed by atoms with van der Waals surface area (Å²) in [4.78, 5) is 19.1. The molecule has 6 nitrogen and oxygen atoms in total. The second kappa shape index (κ2) is 13.8. The van der Waals surface area contributed by atoms with Crippen molar-refractivity contribution in [3.05, 3.63) is 0 Å². The van der Waals surface area contributed by atoms with Crippen LogP contribution >= 0.6 is 0 Å². The lowest BCUT2D eigenvalue weighted by Gasteiger charge is -2.12. The minimum atomic E-state index is -0.759. The van der Waals surface area contributed by atoms with Gasteiger partial charge in [-0.1, -0.05) is 13.3 Å². The topological polar surface area (TPSA) is 116 Å². The first-order valence-electron chi connectivity index (χ1n) is 5.34. The first-order valence-corrected chi connectivity index (χ1v) is 5.34. The van der Waals surface area contributed by atoms with Gasteiger partial charge in [-0.3, -0.25) is 4.79 Å². The zero-order chi connectivity index (χ0) is 12.8. The van der Waals surface area contributed by atoms with E-state index in [0.717, 1.165) is 31.9 Å². The summed E-state index contributed by atoms with van der Waals surface area (Å²) < 4.78 is 0. The summed E-state index contributed by atoms with van der Waals surface area (Å²) in [5, 5.41) is 17.2. The average Bonchev–Trinajstić information content (AvgIpc) is 2.24. The van der Waals surface area contributed by atoms with E-state index in [1.165, 1.54) is 0 Å². The number of carbonyl (C=O) groups excluding carboxylic acids is 1. The number of aliphatic carboxylic acids is 1. The summed E-state index contributed by atoms with van der Waals surface area (Å²) >= 11 is 0. The smallest absolute Gasteiger partial charge is 0.320 e. The average molecular weight is 231 g/mol. The molecule has 1 unspecified atom stereocenters. The molecule has 0 aliphatic rings. The van der Waals surface area contributed by atoms with Crippen molar-refractivity contribution in [3.8, 4) is 0 Å². The van der Waals surface area contributed by atoms with Crippen molar-refractivity contribution in [3.63, 3.8) is 0 Å². The van der Waals surface area contributed by atoms with Crippen molar-refractivity contribution >= 4 is 12.0 Å². The highest BCUT2D eigenvalue weighted by atomic mass is 16.4. The quantitative estimate of drug-likeness (QED) is 0.275. The molecule has 16 heavy (non-hydrogen) atoms. The van der Waals surface area contributed by atoms with Gasteiger partial charge in [0.25, 0.3) is 0 Å². The van der Waals surface area contributed by atoms with Crippen LogP contribution in [-0.4, -0.2) is 36.3 Å². The van der Waals surface area contributed by atoms with Crippen LogP contribution in [0.3, 0.4) is 0 Å². The van der Waals surface area contributed by atoms with Crippen LogP contribution in [0.15, 0.2) is 0 Å². The van der Waals surface area contributed by atoms with Gasteiger partial charge in [0.05, 0.1) is 0 Å². The van der Waals surface area contributed by atoms with Crippen LogP contribution < -0.4 is 11.1 Å². The maximum Gasteiger partial charge on any atom is 0.320 e. The molecule has 0 saturated carbocycles. The van der Waals surface area contributed by atoms with Gasteiger partial charge in [-0.15, -0.1) is 0 Å². The molecule has 94 valence electrons. The maximum atomic E-state index is 10.7. The summed E-state index contributed by atoms with van der Waals surface area (Å²) in [5.41, 5.74) is 5.32. The molecule has 0 aromatic heterocycles. The Hall–Kier alpha value is -1.23. The molecule has 0 heterocycles. The zero-order valence-electron chi connectivity index (χ0n) is 9.66. The maximum absolute atomic E-state index is 10.7. The Kier molecular flexibility index (Phi) is 14.8. The molecule has 0 aromatic carbocycles. The van der Waals surface area contributed by atoms with Crippen molar-refractivity contribution in [1.82, 2.24) is 5.32 Å². The van der Waals surface area contributed by atoms with E-state index in [4.69, 9.17) is 21.0 Å². The summed E-state index contributed by atoms with van der Waals surface area (Å²) in [6.07, 6.45) is 4.16. The third kappa shape index (κ3) is 12.8. The molecule has 0 fully saturated rings. The Bertz CT molecular complexity index is 203. The van der Waals surface area contributed by atoms with E-state index in [-0.39, 0.29) is 0 Å². The number of carboxylic acids is 1. The zero-order valence-corrected chi connectivity index (χ0v) is 9.66. The van der Waals surface area contributed by atoms with E-state index in [1.807, 2.05) is 6.92 Å². The van der Waals surface area contributed by atoms with Crippen LogP contribution in [0, 0.1) is 5.41 Å². The van der Waals surface area contributed by atoms with Crippen molar-refractivity contribution in [1.29, 1.82) is 5.41 Å². The number of hydrogen-bond donors (Lipinski definition) is 4. The molecule has 6 heteroatoms. The van der Waals surface area contributed by atoms with Crippen LogP contribution in [0.5, 0.6) is 0 Å². The molecule has 5 N–H and O–H groups in total. The molecule has 1 atom stereocenters. The van der Waals surface area contributed by atoms with Crippen LogP contribution in [0.25, 0.3) is 0 Å². The van der Waals surface area contributed by atoms with Crippen molar-refractivity contribution in [2.24, 2.45) is 5.73 Å². The molecule has 0 saturated heterocycles. The van der Waals surface area contributed by atoms with Gasteiger partial charge < -0.3 is 16.2 Å². The Balaban J connectivity index is 0. The highest BCUT2D eigenvalue weighted by Crippen LogP contribution is 2.00. The fraction of sp³-hybridized carbons (Fsp3) is 0.800. The Morgan fingerprint density at radius 1 is 1.56 bits per heavy atom. The molecule has 0 bridgehead atoms. The molecule has 0 spiro atoms. The van der Waals surface area contributed by atoms with Crippen LogP contribution in [0.4, 0.5) is 0 Å². The minimum Gasteiger partial charge on any atom is -0.480 e. The molecular formula is C10H21N3O3. The second-order valence-electron chi connectivity index (χ2n) is 3.23. The van der Waals surface area contributed by atoms with Crippen LogP contribution in [-0.2, 0) is 9.59 Å². The lowest BCUT2D eigenvalue weighted by atomic mass is 10.1. The van der Waals surface area contributed by atoms with Crippen molar-refractivity contribution in [2.45, 2.75) is 38.6 Å². The standard InChI is InChI=1S/C9H20N2O2.CHNO/c1-2-7-11-8(9(12)13)5-3-4-6-10;2-1-3/h8,11H,2-7,10H2,1H3,(H,12,13);2H. The van der Waals surface area contributed by atoms with Gasteiger partial charge in [-0.25, -0.2) is 10.2 Å². The largest absolute Gasteiger partial charge is 0.480 e. The van der Waals surface area contributed by atoms with Gasteiger partial charge >= 0.3 is 5.97 Å². The highest BCUT2D eigenvalue weighted by molar-refractivity contribution is 5.73. The van der Waals surface area contributed by atoms with E-state index >= 15 is 0 Å². The molecule has 0 aromatic rings. The Morgan fingerprint density at radius 2 is 2.12 bits per heavy atom. The van der Waals surface area contributed by atoms with Crippen LogP contribution in [0.1, 0.15) is 32.6 Å². The summed E-state index contributed by atoms with van der Waals surface area (Å²) in [6, 6.07) is -0.397. The lowest BCUT2D eigenvalue weighted by molar-refractivity contribution is -0.139. The summed E-state index contributed by atoms with van der Waals surface area (Å²) in [6.45, 7) is 3.42. The fourth-order valence-corrected chi connectivity index (χ4v) is 1.12. The molecule has 0 aliphatic carbocycles. The van der Waals surface area contributed by atoms with E-state index in [2.05, 4.69) is 5.32 Å². The van der Waals surface area contributed by atoms with Crippen molar-refractivity contribution in [2.75, 3.05) is 13.1 Å². The Labute approximate surface area is 95.7 Å². The predicted octanol–water partition coefficient (Wildman–Crippen LogP) is 0.469. The van der Waals surface area contributed by atoms with Gasteiger partial charge in [0.1, 0.15) is 6.04 Å². The van der Waals surface area contributed by atoms with E-state index in [0.29, 0.717) is 13.0 Å². The molecular weight excluding hydrogens is 210 g/mol. The van der Waals surface area contributed by atoms with E-state index < -0.39 is 12.0 Å². The number of hydrogen-bond acceptors (Lipinski definition) is 5. The van der Waals surface area contributed by atoms with Gasteiger partial charge in [-0.05, 0) is 32.4 Å². The van der Waals surface area contributed by atoms with E-state index in [9.17, 15) is 4.79 Å². The first-order chi connectivity index (χ1) is 7.63. The fourth-order valence-electron chi connectivity index (χ4n) is 1.12. The van der Waals surface area contributed by atoms with Gasteiger partial charge in [0, 0.05) is 0 Å². The van der Waals surface area contributed by atoms with Gasteiger partial charge in [-0.2, -0.15) is 0 Å². The number of rotatable bonds is 8. The predicted molar refractivity (Wildman–Crippen MR) is 61.0 cm³/mol. The summed E-state index contributed by atoms with van der Waals surface area (Å²) in [7, 11) is 0. The van der Waals surface area contributed by atoms with Crippen LogP contribution in [0.2, 0.25) is 0 Å². The first kappa shape index (κ1) is 17.2. The van der Waals surface area contributed by atoms with Crippen molar-refractivity contribution < 1.29 is 14.7 Å². The lowest BCUT2D eigenvalue weighted by Crippen LogP contribution is -2.37. The SMILES string of the molecule is CCCNC(CCCCN)C(=O)O.N=C=O. The third-order valence-corrected chi connectivity index (χ3v) is 1.89. The number of isocyanates is 1. The number of unbranched alkanes of at least 4 members (excludes halogenated alkanes) is 1. The van der Waals surface area contributed by atoms with Gasteiger partial charge in [0.15, 0.2) is 0 Å². The molecule has 0 aliphatic heterocycles. The summed E-state index contributed by atoms with van der Waals surface area (Å²) in [5.74, 6) is -0.759. The number of nitrogens with two attached hydrogens (primary N) is 1. The molecule has 0 rings (SSSR count). The third-order valence-electron chi connectivity index (χ3n) is 1.89. The molecule has 0 radical (unpaired) electrons. The second-order valence-corrected chi connectivity index (χ2v) is 3.23. The highest BCUT2D eigenvalue weighted by Gasteiger charge is 2.14. The number of nitrogens with one attached hydrogen (secondary N) is 2. The normalized spacial score (nSPS) is 10.9. The Morgan fingerprint density at radius 3 is 2.50 bits per heavy atom. The molecule has 0 amide bonds.